The monoisotopic (exact) mass is 313 g/mol. The molecular formula is C13H13Cl2N3O2. The van der Waals surface area contributed by atoms with Crippen LogP contribution in [0.4, 0.5) is 0 Å². The van der Waals surface area contributed by atoms with Crippen LogP contribution in [0.5, 0.6) is 0 Å². The molecule has 0 spiro atoms. The van der Waals surface area contributed by atoms with Crippen LogP contribution in [0.2, 0.25) is 10.0 Å². The van der Waals surface area contributed by atoms with Gasteiger partial charge in [-0.05, 0) is 17.7 Å². The highest BCUT2D eigenvalue weighted by Crippen LogP contribution is 2.23. The Bertz CT molecular complexity index is 641. The third-order valence-electron chi connectivity index (χ3n) is 2.77. The smallest absolute Gasteiger partial charge is 0.182 e. The molecule has 1 heterocycles. The van der Waals surface area contributed by atoms with E-state index >= 15 is 0 Å². The van der Waals surface area contributed by atoms with Crippen LogP contribution in [0.1, 0.15) is 28.7 Å². The molecule has 0 saturated carbocycles. The van der Waals surface area contributed by atoms with Crippen molar-refractivity contribution in [3.05, 3.63) is 45.2 Å². The number of hydrogen-bond donors (Lipinski definition) is 0. The molecule has 0 N–H and O–H groups in total. The average Bonchev–Trinajstić information content (AvgIpc) is 2.78. The Kier molecular flexibility index (Phi) is 4.75. The van der Waals surface area contributed by atoms with Gasteiger partial charge in [0.2, 0.25) is 0 Å². The summed E-state index contributed by atoms with van der Waals surface area (Å²) < 4.78 is 6.72. The maximum Gasteiger partial charge on any atom is 0.182 e. The van der Waals surface area contributed by atoms with Gasteiger partial charge in [-0.1, -0.05) is 34.5 Å². The standard InChI is InChI=1S/C13H13Cl2N3O2/c1-8(19)13-12(7-20-2)18(17-16-13)6-9-3-4-10(14)11(15)5-9/h3-5H,6-7H2,1-2H3. The number of halogens is 2. The number of carbonyl (C=O) groups is 1. The van der Waals surface area contributed by atoms with Crippen molar-refractivity contribution >= 4 is 29.0 Å². The van der Waals surface area contributed by atoms with Gasteiger partial charge in [-0.15, -0.1) is 5.10 Å². The van der Waals surface area contributed by atoms with E-state index in [1.54, 1.807) is 23.9 Å². The predicted molar refractivity (Wildman–Crippen MR) is 76.3 cm³/mol. The number of Topliss-reactive ketones (excluding diaryl/α,β-unsaturated/α-hetero) is 1. The highest BCUT2D eigenvalue weighted by Gasteiger charge is 2.16. The lowest BCUT2D eigenvalue weighted by atomic mass is 10.2. The highest BCUT2D eigenvalue weighted by atomic mass is 35.5. The Hall–Kier alpha value is -1.43. The van der Waals surface area contributed by atoms with Crippen molar-refractivity contribution in [2.75, 3.05) is 7.11 Å². The fourth-order valence-corrected chi connectivity index (χ4v) is 2.14. The number of benzene rings is 1. The molecule has 1 aromatic carbocycles. The molecule has 5 nitrogen and oxygen atoms in total. The first-order valence-electron chi connectivity index (χ1n) is 5.89. The van der Waals surface area contributed by atoms with E-state index in [-0.39, 0.29) is 12.4 Å². The topological polar surface area (TPSA) is 57.0 Å². The normalized spacial score (nSPS) is 10.8. The largest absolute Gasteiger partial charge is 0.378 e. The van der Waals surface area contributed by atoms with Crippen molar-refractivity contribution in [3.63, 3.8) is 0 Å². The molecule has 2 aromatic rings. The second-order valence-electron chi connectivity index (χ2n) is 4.28. The molecule has 0 amide bonds. The van der Waals surface area contributed by atoms with E-state index in [0.29, 0.717) is 28.0 Å². The molecular weight excluding hydrogens is 301 g/mol. The molecule has 106 valence electrons. The van der Waals surface area contributed by atoms with E-state index in [2.05, 4.69) is 10.3 Å². The minimum atomic E-state index is -0.141. The van der Waals surface area contributed by atoms with Gasteiger partial charge < -0.3 is 4.74 Å². The van der Waals surface area contributed by atoms with Crippen LogP contribution in [0.25, 0.3) is 0 Å². The van der Waals surface area contributed by atoms with Crippen molar-refractivity contribution in [2.45, 2.75) is 20.1 Å². The molecule has 0 atom stereocenters. The Morgan fingerprint density at radius 3 is 2.70 bits per heavy atom. The summed E-state index contributed by atoms with van der Waals surface area (Å²) in [7, 11) is 1.56. The lowest BCUT2D eigenvalue weighted by molar-refractivity contribution is 0.100. The van der Waals surface area contributed by atoms with E-state index in [1.807, 2.05) is 6.07 Å². The first-order chi connectivity index (χ1) is 9.52. The summed E-state index contributed by atoms with van der Waals surface area (Å²) in [6.45, 7) is 2.16. The summed E-state index contributed by atoms with van der Waals surface area (Å²) >= 11 is 11.9. The number of aromatic nitrogens is 3. The first kappa shape index (κ1) is 15.0. The molecule has 0 aliphatic rings. The van der Waals surface area contributed by atoms with Crippen molar-refractivity contribution < 1.29 is 9.53 Å². The molecule has 0 saturated heterocycles. The summed E-state index contributed by atoms with van der Waals surface area (Å²) in [6, 6.07) is 5.33. The minimum Gasteiger partial charge on any atom is -0.378 e. The molecule has 0 fully saturated rings. The Morgan fingerprint density at radius 1 is 1.35 bits per heavy atom. The van der Waals surface area contributed by atoms with E-state index in [4.69, 9.17) is 27.9 Å². The summed E-state index contributed by atoms with van der Waals surface area (Å²) in [5.41, 5.74) is 1.88. The molecule has 2 rings (SSSR count). The van der Waals surface area contributed by atoms with E-state index < -0.39 is 0 Å². The van der Waals surface area contributed by atoms with Gasteiger partial charge in [0.05, 0.1) is 28.9 Å². The van der Waals surface area contributed by atoms with E-state index in [9.17, 15) is 4.79 Å². The van der Waals surface area contributed by atoms with Gasteiger partial charge in [-0.3, -0.25) is 4.79 Å². The second kappa shape index (κ2) is 6.35. The van der Waals surface area contributed by atoms with Gasteiger partial charge in [0.1, 0.15) is 0 Å². The SMILES string of the molecule is COCc1c(C(C)=O)nnn1Cc1ccc(Cl)c(Cl)c1. The van der Waals surface area contributed by atoms with Gasteiger partial charge in [0.15, 0.2) is 11.5 Å². The van der Waals surface area contributed by atoms with E-state index in [1.165, 1.54) is 6.92 Å². The van der Waals surface area contributed by atoms with Crippen LogP contribution >= 0.6 is 23.2 Å². The summed E-state index contributed by atoms with van der Waals surface area (Å²) in [6.07, 6.45) is 0. The molecule has 7 heteroatoms. The number of carbonyl (C=O) groups excluding carboxylic acids is 1. The average molecular weight is 314 g/mol. The van der Waals surface area contributed by atoms with Crippen LogP contribution in [-0.2, 0) is 17.9 Å². The summed E-state index contributed by atoms with van der Waals surface area (Å²) in [5, 5.41) is 8.86. The number of hydrogen-bond acceptors (Lipinski definition) is 4. The molecule has 0 aliphatic carbocycles. The number of nitrogens with zero attached hydrogens (tertiary/aromatic N) is 3. The zero-order chi connectivity index (χ0) is 14.7. The lowest BCUT2D eigenvalue weighted by Crippen LogP contribution is -2.09. The zero-order valence-corrected chi connectivity index (χ0v) is 12.6. The maximum absolute atomic E-state index is 11.5. The molecule has 20 heavy (non-hydrogen) atoms. The molecule has 0 bridgehead atoms. The third-order valence-corrected chi connectivity index (χ3v) is 3.51. The molecule has 0 radical (unpaired) electrons. The summed E-state index contributed by atoms with van der Waals surface area (Å²) in [4.78, 5) is 11.5. The number of methoxy groups -OCH3 is 1. The lowest BCUT2D eigenvalue weighted by Gasteiger charge is -2.07. The highest BCUT2D eigenvalue weighted by molar-refractivity contribution is 6.42. The van der Waals surface area contributed by atoms with Gasteiger partial charge in [-0.2, -0.15) is 0 Å². The van der Waals surface area contributed by atoms with Crippen LogP contribution in [0.15, 0.2) is 18.2 Å². The minimum absolute atomic E-state index is 0.141. The Balaban J connectivity index is 2.32. The third kappa shape index (κ3) is 3.17. The quantitative estimate of drug-likeness (QED) is 0.796. The maximum atomic E-state index is 11.5. The number of ether oxygens (including phenoxy) is 1. The van der Waals surface area contributed by atoms with Crippen LogP contribution < -0.4 is 0 Å². The fraction of sp³-hybridized carbons (Fsp3) is 0.308. The Morgan fingerprint density at radius 2 is 2.10 bits per heavy atom. The molecule has 0 unspecified atom stereocenters. The van der Waals surface area contributed by atoms with Gasteiger partial charge in [0.25, 0.3) is 0 Å². The molecule has 0 aliphatic heterocycles. The van der Waals surface area contributed by atoms with Gasteiger partial charge in [-0.25, -0.2) is 4.68 Å². The zero-order valence-electron chi connectivity index (χ0n) is 11.1. The van der Waals surface area contributed by atoms with Crippen molar-refractivity contribution in [1.29, 1.82) is 0 Å². The number of rotatable bonds is 5. The van der Waals surface area contributed by atoms with Gasteiger partial charge >= 0.3 is 0 Å². The fourth-order valence-electron chi connectivity index (χ4n) is 1.82. The van der Waals surface area contributed by atoms with Crippen molar-refractivity contribution in [1.82, 2.24) is 15.0 Å². The van der Waals surface area contributed by atoms with Gasteiger partial charge in [0, 0.05) is 14.0 Å². The van der Waals surface area contributed by atoms with E-state index in [0.717, 1.165) is 5.56 Å². The second-order valence-corrected chi connectivity index (χ2v) is 5.09. The van der Waals surface area contributed by atoms with Crippen LogP contribution in [0.3, 0.4) is 0 Å². The Labute approximate surface area is 126 Å². The number of ketones is 1. The summed E-state index contributed by atoms with van der Waals surface area (Å²) in [5.74, 6) is -0.141. The van der Waals surface area contributed by atoms with Crippen molar-refractivity contribution in [3.8, 4) is 0 Å². The van der Waals surface area contributed by atoms with Crippen LogP contribution in [0, 0.1) is 0 Å². The molecule has 1 aromatic heterocycles. The first-order valence-corrected chi connectivity index (χ1v) is 6.64. The predicted octanol–water partition coefficient (Wildman–Crippen LogP) is 2.98. The van der Waals surface area contributed by atoms with Crippen LogP contribution in [-0.4, -0.2) is 27.9 Å². The van der Waals surface area contributed by atoms with Crippen molar-refractivity contribution in [2.24, 2.45) is 0 Å².